The molecule has 0 aliphatic rings. The van der Waals surface area contributed by atoms with E-state index < -0.39 is 12.1 Å². The number of ketones is 1. The molecular weight excluding hydrogens is 496 g/mol. The van der Waals surface area contributed by atoms with Crippen LogP contribution in [0, 0.1) is 5.92 Å². The molecule has 1 N–H and O–H groups in total. The van der Waals surface area contributed by atoms with E-state index in [9.17, 15) is 19.8 Å². The highest BCUT2D eigenvalue weighted by Crippen LogP contribution is 2.23. The van der Waals surface area contributed by atoms with Gasteiger partial charge in [-0.1, -0.05) is 174 Å². The van der Waals surface area contributed by atoms with Crippen LogP contribution in [-0.2, 0) is 9.59 Å². The Morgan fingerprint density at radius 1 is 0.475 bits per heavy atom. The maximum atomic E-state index is 13.0. The van der Waals surface area contributed by atoms with Gasteiger partial charge in [-0.25, -0.2) is 0 Å². The van der Waals surface area contributed by atoms with Gasteiger partial charge in [-0.05, 0) is 25.7 Å². The lowest BCUT2D eigenvalue weighted by molar-refractivity contribution is -0.315. The third kappa shape index (κ3) is 27.3. The predicted molar refractivity (Wildman–Crippen MR) is 169 cm³/mol. The molecule has 0 rings (SSSR count). The summed E-state index contributed by atoms with van der Waals surface area (Å²) in [6.07, 6.45) is 34.7. The van der Waals surface area contributed by atoms with Crippen LogP contribution in [0.15, 0.2) is 0 Å². The van der Waals surface area contributed by atoms with E-state index in [0.717, 1.165) is 57.8 Å². The third-order valence-electron chi connectivity index (χ3n) is 8.69. The van der Waals surface area contributed by atoms with Crippen LogP contribution >= 0.6 is 0 Å². The van der Waals surface area contributed by atoms with E-state index in [1.165, 1.54) is 128 Å². The van der Waals surface area contributed by atoms with Crippen LogP contribution in [0.25, 0.3) is 0 Å². The molecule has 0 bridgehead atoms. The number of carboxylic acids is 1. The van der Waals surface area contributed by atoms with Crippen LogP contribution in [0.2, 0.25) is 0 Å². The minimum atomic E-state index is -1.36. The fourth-order valence-electron chi connectivity index (χ4n) is 5.89. The van der Waals surface area contributed by atoms with Crippen LogP contribution < -0.4 is 5.11 Å². The first kappa shape index (κ1) is 39.1. The summed E-state index contributed by atoms with van der Waals surface area (Å²) >= 11 is 0. The van der Waals surface area contributed by atoms with Crippen LogP contribution in [-0.4, -0.2) is 23.0 Å². The van der Waals surface area contributed by atoms with Gasteiger partial charge >= 0.3 is 0 Å². The molecule has 0 aromatic carbocycles. The first-order chi connectivity index (χ1) is 19.5. The number of carboxylic acid groups (broad SMARTS) is 1. The third-order valence-corrected chi connectivity index (χ3v) is 8.69. The average molecular weight is 566 g/mol. The molecule has 0 heterocycles. The summed E-state index contributed by atoms with van der Waals surface area (Å²) in [6.45, 7) is 4.52. The molecule has 0 radical (unpaired) electrons. The highest BCUT2D eigenvalue weighted by atomic mass is 16.4. The van der Waals surface area contributed by atoms with Gasteiger partial charge in [0.15, 0.2) is 0 Å². The zero-order valence-corrected chi connectivity index (χ0v) is 27.0. The normalized spacial score (nSPS) is 13.0. The summed E-state index contributed by atoms with van der Waals surface area (Å²) in [5.74, 6) is -0.564. The second kappa shape index (κ2) is 31.0. The topological polar surface area (TPSA) is 77.4 Å². The lowest BCUT2D eigenvalue weighted by Crippen LogP contribution is -2.35. The number of aliphatic hydroxyl groups excluding tert-OH is 1. The number of Topliss-reactive ketones (excluding diaryl/α,β-unsaturated/α-hetero) is 1. The minimum Gasteiger partial charge on any atom is -0.547 e. The van der Waals surface area contributed by atoms with E-state index >= 15 is 0 Å². The Labute approximate surface area is 249 Å². The van der Waals surface area contributed by atoms with Crippen molar-refractivity contribution in [3.63, 3.8) is 0 Å². The quantitative estimate of drug-likeness (QED) is 0.0803. The van der Waals surface area contributed by atoms with Crippen molar-refractivity contribution in [1.82, 2.24) is 0 Å². The smallest absolute Gasteiger partial charge is 0.135 e. The number of carbonyl (C=O) groups excluding carboxylic acids is 2. The monoisotopic (exact) mass is 566 g/mol. The number of aliphatic hydroxyl groups is 1. The van der Waals surface area contributed by atoms with Crippen LogP contribution in [0.3, 0.4) is 0 Å². The Morgan fingerprint density at radius 2 is 0.775 bits per heavy atom. The van der Waals surface area contributed by atoms with Gasteiger partial charge in [0, 0.05) is 12.3 Å². The first-order valence-corrected chi connectivity index (χ1v) is 17.9. The van der Waals surface area contributed by atoms with E-state index in [2.05, 4.69) is 13.8 Å². The summed E-state index contributed by atoms with van der Waals surface area (Å²) in [5.41, 5.74) is 0. The Bertz CT molecular complexity index is 547. The van der Waals surface area contributed by atoms with Gasteiger partial charge in [-0.3, -0.25) is 4.79 Å². The molecule has 0 saturated carbocycles. The molecular formula is C36H69O4-. The van der Waals surface area contributed by atoms with Crippen molar-refractivity contribution in [2.75, 3.05) is 0 Å². The van der Waals surface area contributed by atoms with Crippen molar-refractivity contribution < 1.29 is 19.8 Å². The van der Waals surface area contributed by atoms with E-state index in [4.69, 9.17) is 0 Å². The number of aliphatic carboxylic acids is 1. The molecule has 0 aromatic rings. The SMILES string of the molecule is CCCCCCCCCCCCCCCCCC(=O)C(CCCCCC)CCCCCCCCCC(O)C(=O)[O-]. The molecule has 0 saturated heterocycles. The minimum absolute atomic E-state index is 0.273. The Balaban J connectivity index is 3.83. The molecule has 40 heavy (non-hydrogen) atoms. The van der Waals surface area contributed by atoms with E-state index in [-0.39, 0.29) is 5.92 Å². The fraction of sp³-hybridized carbons (Fsp3) is 0.944. The van der Waals surface area contributed by atoms with Gasteiger partial charge in [0.25, 0.3) is 0 Å². The summed E-state index contributed by atoms with van der Waals surface area (Å²) < 4.78 is 0. The Hall–Kier alpha value is -0.900. The second-order valence-electron chi connectivity index (χ2n) is 12.6. The molecule has 4 heteroatoms. The molecule has 0 spiro atoms. The van der Waals surface area contributed by atoms with Crippen molar-refractivity contribution in [3.8, 4) is 0 Å². The molecule has 0 fully saturated rings. The van der Waals surface area contributed by atoms with Crippen molar-refractivity contribution in [1.29, 1.82) is 0 Å². The summed E-state index contributed by atoms with van der Waals surface area (Å²) in [6, 6.07) is 0. The fourth-order valence-corrected chi connectivity index (χ4v) is 5.89. The molecule has 0 aromatic heterocycles. The number of hydrogen-bond acceptors (Lipinski definition) is 4. The van der Waals surface area contributed by atoms with E-state index in [0.29, 0.717) is 12.2 Å². The lowest BCUT2D eigenvalue weighted by Gasteiger charge is -2.16. The number of rotatable bonds is 33. The van der Waals surface area contributed by atoms with Gasteiger partial charge < -0.3 is 15.0 Å². The number of unbranched alkanes of at least 4 members (excludes halogenated alkanes) is 23. The zero-order chi connectivity index (χ0) is 29.5. The standard InChI is InChI=1S/C36H70O4/c1-3-5-7-9-10-11-12-13-14-15-16-17-20-23-27-31-34(37)33(29-25-8-6-4-2)30-26-22-19-18-21-24-28-32-35(38)36(39)40/h33,35,38H,3-32H2,1-2H3,(H,39,40)/p-1. The van der Waals surface area contributed by atoms with Crippen LogP contribution in [0.4, 0.5) is 0 Å². The van der Waals surface area contributed by atoms with Crippen molar-refractivity contribution in [3.05, 3.63) is 0 Å². The molecule has 0 aliphatic carbocycles. The van der Waals surface area contributed by atoms with Gasteiger partial charge in [-0.2, -0.15) is 0 Å². The molecule has 0 amide bonds. The van der Waals surface area contributed by atoms with Gasteiger partial charge in [0.1, 0.15) is 5.78 Å². The molecule has 4 nitrogen and oxygen atoms in total. The zero-order valence-electron chi connectivity index (χ0n) is 27.0. The van der Waals surface area contributed by atoms with Gasteiger partial charge in [0.05, 0.1) is 12.1 Å². The summed E-state index contributed by atoms with van der Waals surface area (Å²) in [4.78, 5) is 23.6. The highest BCUT2D eigenvalue weighted by molar-refractivity contribution is 5.80. The van der Waals surface area contributed by atoms with Gasteiger partial charge in [0.2, 0.25) is 0 Å². The van der Waals surface area contributed by atoms with Crippen molar-refractivity contribution >= 4 is 11.8 Å². The van der Waals surface area contributed by atoms with Crippen molar-refractivity contribution in [2.24, 2.45) is 5.92 Å². The predicted octanol–water partition coefficient (Wildman–Crippen LogP) is 10.0. The second-order valence-corrected chi connectivity index (χ2v) is 12.6. The maximum Gasteiger partial charge on any atom is 0.135 e. The van der Waals surface area contributed by atoms with Gasteiger partial charge in [-0.15, -0.1) is 0 Å². The first-order valence-electron chi connectivity index (χ1n) is 17.9. The largest absolute Gasteiger partial charge is 0.547 e. The van der Waals surface area contributed by atoms with E-state index in [1.807, 2.05) is 0 Å². The highest BCUT2D eigenvalue weighted by Gasteiger charge is 2.17. The van der Waals surface area contributed by atoms with E-state index in [1.54, 1.807) is 0 Å². The van der Waals surface area contributed by atoms with Crippen LogP contribution in [0.5, 0.6) is 0 Å². The number of carbonyl (C=O) groups is 2. The Kier molecular flexibility index (Phi) is 30.3. The molecule has 2 unspecified atom stereocenters. The van der Waals surface area contributed by atoms with Crippen LogP contribution in [0.1, 0.15) is 206 Å². The summed E-state index contributed by atoms with van der Waals surface area (Å²) in [7, 11) is 0. The summed E-state index contributed by atoms with van der Waals surface area (Å²) in [5, 5.41) is 19.8. The number of hydrogen-bond donors (Lipinski definition) is 1. The molecule has 2 atom stereocenters. The maximum absolute atomic E-state index is 13.0. The average Bonchev–Trinajstić information content (AvgIpc) is 2.94. The molecule has 238 valence electrons. The Morgan fingerprint density at radius 3 is 1.15 bits per heavy atom. The van der Waals surface area contributed by atoms with Crippen molar-refractivity contribution in [2.45, 2.75) is 213 Å². The molecule has 0 aliphatic heterocycles. The lowest BCUT2D eigenvalue weighted by atomic mass is 9.88.